The van der Waals surface area contributed by atoms with Crippen LogP contribution in [0.3, 0.4) is 0 Å². The maximum Gasteiger partial charge on any atom is 0.337 e. The molecule has 0 N–H and O–H groups in total. The molecule has 0 aliphatic carbocycles. The second kappa shape index (κ2) is 7.61. The summed E-state index contributed by atoms with van der Waals surface area (Å²) in [6.45, 7) is 0.471. The Hall–Kier alpha value is -2.34. The normalized spacial score (nSPS) is 10.1. The number of likely N-dealkylation sites (N-methyl/N-ethyl adjacent to an activating group) is 1. The van der Waals surface area contributed by atoms with Gasteiger partial charge in [0.1, 0.15) is 5.75 Å². The molecule has 5 nitrogen and oxygen atoms in total. The third kappa shape index (κ3) is 4.33. The minimum Gasteiger partial charge on any atom is -0.484 e. The molecule has 116 valence electrons. The zero-order valence-electron chi connectivity index (χ0n) is 12.4. The number of hydrogen-bond acceptors (Lipinski definition) is 5. The average Bonchev–Trinajstić information content (AvgIpc) is 3.05. The summed E-state index contributed by atoms with van der Waals surface area (Å²) in [6.07, 6.45) is 0. The molecule has 6 heteroatoms. The molecule has 0 atom stereocenters. The Bertz CT molecular complexity index is 639. The molecule has 0 spiro atoms. The molecular weight excluding hydrogens is 302 g/mol. The predicted octanol–water partition coefficient (Wildman–Crippen LogP) is 2.57. The smallest absolute Gasteiger partial charge is 0.337 e. The van der Waals surface area contributed by atoms with Gasteiger partial charge >= 0.3 is 5.97 Å². The van der Waals surface area contributed by atoms with Gasteiger partial charge in [0.05, 0.1) is 12.7 Å². The zero-order chi connectivity index (χ0) is 15.9. The molecule has 0 aliphatic heterocycles. The molecule has 1 heterocycles. The van der Waals surface area contributed by atoms with Crippen LogP contribution in [-0.2, 0) is 16.1 Å². The van der Waals surface area contributed by atoms with Crippen molar-refractivity contribution in [2.45, 2.75) is 6.54 Å². The Balaban J connectivity index is 1.89. The first-order chi connectivity index (χ1) is 10.6. The second-order valence-corrected chi connectivity index (χ2v) is 5.47. The van der Waals surface area contributed by atoms with Gasteiger partial charge in [-0.05, 0) is 40.6 Å². The predicted molar refractivity (Wildman–Crippen MR) is 84.1 cm³/mol. The minimum absolute atomic E-state index is 0.0781. The highest BCUT2D eigenvalue weighted by atomic mass is 32.1. The van der Waals surface area contributed by atoms with Crippen LogP contribution in [0.4, 0.5) is 0 Å². The van der Waals surface area contributed by atoms with Crippen LogP contribution in [0.5, 0.6) is 5.75 Å². The fraction of sp³-hybridized carbons (Fsp3) is 0.250. The highest BCUT2D eigenvalue weighted by molar-refractivity contribution is 7.07. The first-order valence-electron chi connectivity index (χ1n) is 6.66. The molecule has 0 saturated heterocycles. The number of esters is 1. The highest BCUT2D eigenvalue weighted by Gasteiger charge is 2.11. The van der Waals surface area contributed by atoms with E-state index < -0.39 is 5.97 Å². The van der Waals surface area contributed by atoms with Gasteiger partial charge in [0.2, 0.25) is 0 Å². The largest absolute Gasteiger partial charge is 0.484 e. The van der Waals surface area contributed by atoms with Crippen molar-refractivity contribution in [2.24, 2.45) is 0 Å². The van der Waals surface area contributed by atoms with Crippen molar-refractivity contribution in [2.75, 3.05) is 20.8 Å². The lowest BCUT2D eigenvalue weighted by Gasteiger charge is -2.17. The molecule has 1 aromatic heterocycles. The summed E-state index contributed by atoms with van der Waals surface area (Å²) in [4.78, 5) is 25.1. The van der Waals surface area contributed by atoms with Crippen LogP contribution in [0.25, 0.3) is 0 Å². The lowest BCUT2D eigenvalue weighted by atomic mass is 10.2. The van der Waals surface area contributed by atoms with Crippen LogP contribution in [0.2, 0.25) is 0 Å². The van der Waals surface area contributed by atoms with E-state index in [1.54, 1.807) is 47.5 Å². The van der Waals surface area contributed by atoms with Crippen molar-refractivity contribution in [1.82, 2.24) is 4.90 Å². The molecule has 2 rings (SSSR count). The number of amides is 1. The number of carbonyl (C=O) groups excluding carboxylic acids is 2. The first kappa shape index (κ1) is 16.0. The van der Waals surface area contributed by atoms with Crippen LogP contribution in [0, 0.1) is 0 Å². The third-order valence-electron chi connectivity index (χ3n) is 3.04. The maximum atomic E-state index is 12.0. The number of carbonyl (C=O) groups is 2. The van der Waals surface area contributed by atoms with E-state index in [1.807, 2.05) is 16.8 Å². The van der Waals surface area contributed by atoms with Gasteiger partial charge in [0.25, 0.3) is 5.91 Å². The Morgan fingerprint density at radius 3 is 2.77 bits per heavy atom. The average molecular weight is 319 g/mol. The van der Waals surface area contributed by atoms with Crippen LogP contribution in [0.1, 0.15) is 15.9 Å². The van der Waals surface area contributed by atoms with E-state index in [4.69, 9.17) is 4.74 Å². The van der Waals surface area contributed by atoms with E-state index in [-0.39, 0.29) is 12.5 Å². The van der Waals surface area contributed by atoms with Crippen LogP contribution >= 0.6 is 11.3 Å². The van der Waals surface area contributed by atoms with Crippen LogP contribution < -0.4 is 4.74 Å². The maximum absolute atomic E-state index is 12.0. The molecule has 2 aromatic rings. The molecule has 0 aliphatic rings. The Labute approximate surface area is 133 Å². The zero-order valence-corrected chi connectivity index (χ0v) is 13.3. The van der Waals surface area contributed by atoms with Crippen LogP contribution in [0.15, 0.2) is 41.1 Å². The van der Waals surface area contributed by atoms with Gasteiger partial charge < -0.3 is 14.4 Å². The Morgan fingerprint density at radius 2 is 2.09 bits per heavy atom. The molecular formula is C16H17NO4S. The van der Waals surface area contributed by atoms with E-state index >= 15 is 0 Å². The van der Waals surface area contributed by atoms with Crippen molar-refractivity contribution in [1.29, 1.82) is 0 Å². The van der Waals surface area contributed by atoms with E-state index in [0.29, 0.717) is 17.9 Å². The standard InChI is InChI=1S/C16H17NO4S/c1-17(9-12-6-7-22-11-12)15(18)10-21-14-5-3-4-13(8-14)16(19)20-2/h3-8,11H,9-10H2,1-2H3. The summed E-state index contributed by atoms with van der Waals surface area (Å²) in [5, 5.41) is 3.98. The molecule has 0 bridgehead atoms. The summed E-state index contributed by atoms with van der Waals surface area (Å²) < 4.78 is 10.1. The van der Waals surface area contributed by atoms with Crippen molar-refractivity contribution >= 4 is 23.2 Å². The van der Waals surface area contributed by atoms with Gasteiger partial charge in [0, 0.05) is 13.6 Å². The molecule has 0 unspecified atom stereocenters. The quantitative estimate of drug-likeness (QED) is 0.768. The molecule has 0 radical (unpaired) electrons. The monoisotopic (exact) mass is 319 g/mol. The summed E-state index contributed by atoms with van der Waals surface area (Å²) >= 11 is 1.60. The van der Waals surface area contributed by atoms with Crippen molar-refractivity contribution < 1.29 is 19.1 Å². The lowest BCUT2D eigenvalue weighted by Crippen LogP contribution is -2.30. The summed E-state index contributed by atoms with van der Waals surface area (Å²) in [5.41, 5.74) is 1.48. The molecule has 22 heavy (non-hydrogen) atoms. The van der Waals surface area contributed by atoms with Gasteiger partial charge in [-0.15, -0.1) is 0 Å². The van der Waals surface area contributed by atoms with Gasteiger partial charge in [-0.2, -0.15) is 11.3 Å². The number of thiophene rings is 1. The molecule has 1 amide bonds. The number of rotatable bonds is 6. The van der Waals surface area contributed by atoms with Crippen LogP contribution in [-0.4, -0.2) is 37.5 Å². The number of benzene rings is 1. The summed E-state index contributed by atoms with van der Waals surface area (Å²) in [5.74, 6) is -0.110. The Kier molecular flexibility index (Phi) is 5.55. The van der Waals surface area contributed by atoms with Crippen molar-refractivity contribution in [3.8, 4) is 5.75 Å². The minimum atomic E-state index is -0.439. The van der Waals surface area contributed by atoms with Crippen molar-refractivity contribution in [3.63, 3.8) is 0 Å². The van der Waals surface area contributed by atoms with Gasteiger partial charge in [0.15, 0.2) is 6.61 Å². The number of hydrogen-bond donors (Lipinski definition) is 0. The summed E-state index contributed by atoms with van der Waals surface area (Å²) in [6, 6.07) is 8.54. The fourth-order valence-electron chi connectivity index (χ4n) is 1.83. The van der Waals surface area contributed by atoms with Crippen molar-refractivity contribution in [3.05, 3.63) is 52.2 Å². The van der Waals surface area contributed by atoms with E-state index in [1.165, 1.54) is 7.11 Å². The highest BCUT2D eigenvalue weighted by Crippen LogP contribution is 2.14. The van der Waals surface area contributed by atoms with E-state index in [9.17, 15) is 9.59 Å². The van der Waals surface area contributed by atoms with E-state index in [0.717, 1.165) is 5.56 Å². The lowest BCUT2D eigenvalue weighted by molar-refractivity contribution is -0.132. The third-order valence-corrected chi connectivity index (χ3v) is 3.78. The topological polar surface area (TPSA) is 55.8 Å². The first-order valence-corrected chi connectivity index (χ1v) is 7.60. The van der Waals surface area contributed by atoms with E-state index in [2.05, 4.69) is 4.74 Å². The Morgan fingerprint density at radius 1 is 1.27 bits per heavy atom. The fourth-order valence-corrected chi connectivity index (χ4v) is 2.49. The molecule has 0 fully saturated rings. The molecule has 1 aromatic carbocycles. The number of methoxy groups -OCH3 is 1. The van der Waals surface area contributed by atoms with Gasteiger partial charge in [-0.25, -0.2) is 4.79 Å². The summed E-state index contributed by atoms with van der Waals surface area (Å²) in [7, 11) is 3.05. The number of nitrogens with zero attached hydrogens (tertiary/aromatic N) is 1. The molecule has 0 saturated carbocycles. The SMILES string of the molecule is COC(=O)c1cccc(OCC(=O)N(C)Cc2ccsc2)c1. The van der Waals surface area contributed by atoms with Gasteiger partial charge in [-0.1, -0.05) is 6.07 Å². The number of ether oxygens (including phenoxy) is 2. The second-order valence-electron chi connectivity index (χ2n) is 4.69. The van der Waals surface area contributed by atoms with Gasteiger partial charge in [-0.3, -0.25) is 4.79 Å².